The first-order valence-corrected chi connectivity index (χ1v) is 14.4. The summed E-state index contributed by atoms with van der Waals surface area (Å²) in [6.45, 7) is 0. The molecular weight excluding hydrogens is 628 g/mol. The molecule has 0 fully saturated rings. The number of aromatic nitrogens is 2. The topological polar surface area (TPSA) is 286 Å². The van der Waals surface area contributed by atoms with Gasteiger partial charge in [0.15, 0.2) is 5.82 Å². The summed E-state index contributed by atoms with van der Waals surface area (Å²) in [6, 6.07) is 11.7. The van der Waals surface area contributed by atoms with Crippen LogP contribution in [0.25, 0.3) is 11.4 Å². The first-order chi connectivity index (χ1) is 20.5. The lowest BCUT2D eigenvalue weighted by atomic mass is 10.2. The molecule has 0 radical (unpaired) electrons. The lowest BCUT2D eigenvalue weighted by molar-refractivity contribution is -0.386. The number of phenols is 2. The molecule has 0 aliphatic heterocycles. The summed E-state index contributed by atoms with van der Waals surface area (Å²) in [5.41, 5.74) is -3.02. The largest absolute Gasteiger partial charge is 0.501 e. The van der Waals surface area contributed by atoms with Gasteiger partial charge in [-0.3, -0.25) is 39.3 Å². The minimum atomic E-state index is -4.94. The standard InChI is InChI=1S/C24H16N6O12S2/c31-22-18(7-16(43(37,38)39)9-20(22)29(33)34)25-11-14-6-15(28-24(27-14)13-4-2-1-3-5-13)12-26-19-8-17(44(40,41)42)10-21(23(19)32)30(35)36/h1-12,31-32H,(H,37,38,39)(H,40,41,42). The molecule has 0 saturated carbocycles. The van der Waals surface area contributed by atoms with Crippen molar-refractivity contribution in [3.63, 3.8) is 0 Å². The first-order valence-electron chi connectivity index (χ1n) is 11.5. The van der Waals surface area contributed by atoms with Crippen LogP contribution in [0.1, 0.15) is 11.4 Å². The fraction of sp³-hybridized carbons (Fsp3) is 0. The molecule has 0 aliphatic rings. The SMILES string of the molecule is O=[N+]([O-])c1cc(S(=O)(=O)O)cc(N=Cc2cc(C=Nc3cc(S(=O)(=O)O)cc([N+](=O)[O-])c3O)nc(-c3ccccc3)n2)c1O. The molecular formula is C24H16N6O12S2. The van der Waals surface area contributed by atoms with Crippen LogP contribution < -0.4 is 0 Å². The van der Waals surface area contributed by atoms with Gasteiger partial charge in [-0.25, -0.2) is 9.97 Å². The maximum Gasteiger partial charge on any atom is 0.314 e. The third-order valence-corrected chi connectivity index (χ3v) is 7.21. The van der Waals surface area contributed by atoms with Gasteiger partial charge in [0, 0.05) is 17.7 Å². The number of nitro groups is 2. The molecule has 1 aromatic heterocycles. The molecule has 0 amide bonds. The molecule has 0 atom stereocenters. The van der Waals surface area contributed by atoms with E-state index in [1.165, 1.54) is 6.07 Å². The molecule has 44 heavy (non-hydrogen) atoms. The quantitative estimate of drug-likeness (QED) is 0.0879. The van der Waals surface area contributed by atoms with E-state index in [1.54, 1.807) is 30.3 Å². The van der Waals surface area contributed by atoms with Crippen LogP contribution in [0.5, 0.6) is 11.5 Å². The Morgan fingerprint density at radius 1 is 0.682 bits per heavy atom. The van der Waals surface area contributed by atoms with Gasteiger partial charge in [-0.1, -0.05) is 30.3 Å². The number of rotatable bonds is 9. The van der Waals surface area contributed by atoms with Gasteiger partial charge in [0.25, 0.3) is 20.2 Å². The Hall–Kier alpha value is -5.70. The van der Waals surface area contributed by atoms with Crippen LogP contribution in [0.4, 0.5) is 22.7 Å². The average Bonchev–Trinajstić information content (AvgIpc) is 2.95. The molecule has 0 aliphatic carbocycles. The number of benzene rings is 3. The molecule has 0 spiro atoms. The highest BCUT2D eigenvalue weighted by atomic mass is 32.2. The van der Waals surface area contributed by atoms with E-state index in [1.807, 2.05) is 0 Å². The second kappa shape index (κ2) is 11.9. The summed E-state index contributed by atoms with van der Waals surface area (Å²) < 4.78 is 65.1. The van der Waals surface area contributed by atoms with Crippen molar-refractivity contribution in [3.05, 3.63) is 92.3 Å². The Balaban J connectivity index is 1.86. The van der Waals surface area contributed by atoms with Crippen LogP contribution in [0.3, 0.4) is 0 Å². The van der Waals surface area contributed by atoms with Gasteiger partial charge in [0.05, 0.1) is 33.7 Å². The van der Waals surface area contributed by atoms with Gasteiger partial charge >= 0.3 is 11.4 Å². The van der Waals surface area contributed by atoms with Crippen LogP contribution in [0.15, 0.2) is 80.4 Å². The summed E-state index contributed by atoms with van der Waals surface area (Å²) >= 11 is 0. The molecule has 1 heterocycles. The van der Waals surface area contributed by atoms with Crippen LogP contribution in [-0.4, -0.2) is 68.4 Å². The highest BCUT2D eigenvalue weighted by molar-refractivity contribution is 7.86. The summed E-state index contributed by atoms with van der Waals surface area (Å²) in [4.78, 5) is 34.9. The zero-order valence-corrected chi connectivity index (χ0v) is 23.1. The Labute approximate surface area is 246 Å². The molecule has 4 N–H and O–H groups in total. The second-order valence-corrected chi connectivity index (χ2v) is 11.4. The molecule has 0 unspecified atom stereocenters. The first kappa shape index (κ1) is 31.2. The third-order valence-electron chi connectivity index (χ3n) is 5.55. The number of hydrogen-bond donors (Lipinski definition) is 4. The summed E-state index contributed by atoms with van der Waals surface area (Å²) in [5, 5.41) is 43.1. The molecule has 18 nitrogen and oxygen atoms in total. The van der Waals surface area contributed by atoms with Crippen molar-refractivity contribution in [1.29, 1.82) is 0 Å². The molecule has 0 saturated heterocycles. The van der Waals surface area contributed by atoms with Crippen LogP contribution in [0.2, 0.25) is 0 Å². The molecule has 226 valence electrons. The number of nitrogens with zero attached hydrogens (tertiary/aromatic N) is 6. The van der Waals surface area contributed by atoms with E-state index in [2.05, 4.69) is 20.0 Å². The Morgan fingerprint density at radius 2 is 1.09 bits per heavy atom. The van der Waals surface area contributed by atoms with Gasteiger partial charge in [-0.15, -0.1) is 0 Å². The van der Waals surface area contributed by atoms with Crippen molar-refractivity contribution < 1.29 is 46.0 Å². The van der Waals surface area contributed by atoms with Crippen molar-refractivity contribution in [1.82, 2.24) is 9.97 Å². The van der Waals surface area contributed by atoms with Crippen LogP contribution in [0, 0.1) is 20.2 Å². The van der Waals surface area contributed by atoms with Crippen molar-refractivity contribution in [2.24, 2.45) is 9.98 Å². The van der Waals surface area contributed by atoms with E-state index in [-0.39, 0.29) is 17.2 Å². The average molecular weight is 645 g/mol. The maximum absolute atomic E-state index is 11.6. The van der Waals surface area contributed by atoms with Crippen molar-refractivity contribution in [2.45, 2.75) is 9.79 Å². The lowest BCUT2D eigenvalue weighted by Crippen LogP contribution is -2.01. The number of aliphatic imine (C=N–C) groups is 2. The predicted octanol–water partition coefficient (Wildman–Crippen LogP) is 3.37. The zero-order chi connectivity index (χ0) is 32.4. The van der Waals surface area contributed by atoms with Gasteiger partial charge in [0.1, 0.15) is 21.2 Å². The molecule has 4 aromatic rings. The van der Waals surface area contributed by atoms with E-state index in [0.717, 1.165) is 12.4 Å². The van der Waals surface area contributed by atoms with Crippen molar-refractivity contribution in [3.8, 4) is 22.9 Å². The maximum atomic E-state index is 11.6. The van der Waals surface area contributed by atoms with Crippen LogP contribution in [-0.2, 0) is 20.2 Å². The minimum Gasteiger partial charge on any atom is -0.501 e. The normalized spacial score (nSPS) is 12.1. The Morgan fingerprint density at radius 3 is 1.45 bits per heavy atom. The molecule has 3 aromatic carbocycles. The molecule has 4 rings (SSSR count). The summed E-state index contributed by atoms with van der Waals surface area (Å²) in [5.74, 6) is -2.00. The second-order valence-electron chi connectivity index (χ2n) is 8.51. The predicted molar refractivity (Wildman–Crippen MR) is 151 cm³/mol. The van der Waals surface area contributed by atoms with Crippen molar-refractivity contribution >= 4 is 55.4 Å². The fourth-order valence-corrected chi connectivity index (χ4v) is 4.58. The highest BCUT2D eigenvalue weighted by Crippen LogP contribution is 2.39. The van der Waals surface area contributed by atoms with E-state index in [9.17, 15) is 56.4 Å². The van der Waals surface area contributed by atoms with Crippen molar-refractivity contribution in [2.75, 3.05) is 0 Å². The Bertz CT molecular complexity index is 1970. The smallest absolute Gasteiger partial charge is 0.314 e. The highest BCUT2D eigenvalue weighted by Gasteiger charge is 2.25. The van der Waals surface area contributed by atoms with Gasteiger partial charge in [0.2, 0.25) is 11.5 Å². The van der Waals surface area contributed by atoms with Crippen LogP contribution >= 0.6 is 0 Å². The van der Waals surface area contributed by atoms with E-state index in [4.69, 9.17) is 0 Å². The van der Waals surface area contributed by atoms with E-state index < -0.39 is 74.1 Å². The minimum absolute atomic E-state index is 0.0415. The number of nitro benzene ring substituents is 2. The Kier molecular flexibility index (Phi) is 8.44. The van der Waals surface area contributed by atoms with E-state index in [0.29, 0.717) is 29.8 Å². The summed E-state index contributed by atoms with van der Waals surface area (Å²) in [6.07, 6.45) is 1.92. The number of phenolic OH excluding ortho intramolecular Hbond substituents is 2. The van der Waals surface area contributed by atoms with Gasteiger partial charge in [-0.05, 0) is 18.2 Å². The third kappa shape index (κ3) is 7.01. The number of aromatic hydroxyl groups is 2. The zero-order valence-electron chi connectivity index (χ0n) is 21.5. The monoisotopic (exact) mass is 644 g/mol. The lowest BCUT2D eigenvalue weighted by Gasteiger charge is -2.06. The molecule has 20 heteroatoms. The molecule has 0 bridgehead atoms. The van der Waals surface area contributed by atoms with E-state index >= 15 is 0 Å². The van der Waals surface area contributed by atoms with Gasteiger partial charge < -0.3 is 10.2 Å². The van der Waals surface area contributed by atoms with Gasteiger partial charge in [-0.2, -0.15) is 16.8 Å². The number of hydrogen-bond acceptors (Lipinski definition) is 14. The fourth-order valence-electron chi connectivity index (χ4n) is 3.54. The summed E-state index contributed by atoms with van der Waals surface area (Å²) in [7, 11) is -9.87.